The predicted octanol–water partition coefficient (Wildman–Crippen LogP) is 3.93. The Balaban J connectivity index is 1.94. The molecule has 2 aromatic carbocycles. The van der Waals surface area contributed by atoms with Gasteiger partial charge in [0.15, 0.2) is 0 Å². The molecule has 0 saturated carbocycles. The van der Waals surface area contributed by atoms with Crippen LogP contribution < -0.4 is 10.2 Å². The first kappa shape index (κ1) is 16.9. The molecule has 2 rings (SSSR count). The topological polar surface area (TPSA) is 41.6 Å². The van der Waals surface area contributed by atoms with Gasteiger partial charge in [-0.2, -0.15) is 0 Å². The first-order chi connectivity index (χ1) is 11.2. The summed E-state index contributed by atoms with van der Waals surface area (Å²) in [5.74, 6) is -0.316. The van der Waals surface area contributed by atoms with Gasteiger partial charge in [0.2, 0.25) is 0 Å². The van der Waals surface area contributed by atoms with E-state index in [0.717, 1.165) is 25.3 Å². The molecule has 0 aliphatic rings. The maximum absolute atomic E-state index is 11.4. The van der Waals surface area contributed by atoms with Gasteiger partial charge in [0.25, 0.3) is 0 Å². The Bertz CT molecular complexity index is 617. The van der Waals surface area contributed by atoms with Crippen LogP contribution in [0, 0.1) is 0 Å². The van der Waals surface area contributed by atoms with Gasteiger partial charge in [-0.15, -0.1) is 0 Å². The molecule has 0 atom stereocenters. The van der Waals surface area contributed by atoms with Crippen LogP contribution >= 0.6 is 0 Å². The fourth-order valence-electron chi connectivity index (χ4n) is 2.46. The number of carbonyl (C=O) groups is 1. The minimum absolute atomic E-state index is 0.316. The Labute approximate surface area is 138 Å². The van der Waals surface area contributed by atoms with Crippen molar-refractivity contribution in [2.75, 3.05) is 30.4 Å². The monoisotopic (exact) mass is 312 g/mol. The fourth-order valence-corrected chi connectivity index (χ4v) is 2.46. The molecule has 0 fully saturated rings. The molecule has 0 bridgehead atoms. The van der Waals surface area contributed by atoms with Crippen LogP contribution in [0.4, 0.5) is 11.4 Å². The van der Waals surface area contributed by atoms with Crippen LogP contribution in [-0.4, -0.2) is 26.2 Å². The van der Waals surface area contributed by atoms with Crippen molar-refractivity contribution in [3.05, 3.63) is 59.7 Å². The highest BCUT2D eigenvalue weighted by atomic mass is 16.5. The molecule has 0 spiro atoms. The molecule has 4 heteroatoms. The van der Waals surface area contributed by atoms with E-state index in [-0.39, 0.29) is 5.97 Å². The lowest BCUT2D eigenvalue weighted by atomic mass is 10.1. The number of methoxy groups -OCH3 is 1. The largest absolute Gasteiger partial charge is 0.465 e. The van der Waals surface area contributed by atoms with Gasteiger partial charge in [-0.1, -0.05) is 12.1 Å². The van der Waals surface area contributed by atoms with Crippen molar-refractivity contribution in [2.45, 2.75) is 20.4 Å². The minimum Gasteiger partial charge on any atom is -0.465 e. The minimum atomic E-state index is -0.316. The molecule has 122 valence electrons. The Kier molecular flexibility index (Phi) is 6.03. The Morgan fingerprint density at radius 3 is 2.13 bits per heavy atom. The average Bonchev–Trinajstić information content (AvgIpc) is 2.62. The van der Waals surface area contributed by atoms with E-state index in [0.29, 0.717) is 5.56 Å². The zero-order valence-corrected chi connectivity index (χ0v) is 14.0. The highest BCUT2D eigenvalue weighted by Gasteiger charge is 2.04. The van der Waals surface area contributed by atoms with Crippen LogP contribution in [0.2, 0.25) is 0 Å². The van der Waals surface area contributed by atoms with Gasteiger partial charge in [-0.25, -0.2) is 4.79 Å². The van der Waals surface area contributed by atoms with Gasteiger partial charge in [0.05, 0.1) is 12.7 Å². The van der Waals surface area contributed by atoms with E-state index in [4.69, 9.17) is 4.74 Å². The molecule has 0 amide bonds. The number of nitrogens with one attached hydrogen (secondary N) is 1. The van der Waals surface area contributed by atoms with E-state index < -0.39 is 0 Å². The fraction of sp³-hybridized carbons (Fsp3) is 0.316. The predicted molar refractivity (Wildman–Crippen MR) is 95.1 cm³/mol. The molecule has 0 unspecified atom stereocenters. The summed E-state index contributed by atoms with van der Waals surface area (Å²) in [6.07, 6.45) is 0. The van der Waals surface area contributed by atoms with E-state index in [1.54, 1.807) is 12.1 Å². The van der Waals surface area contributed by atoms with Crippen LogP contribution in [0.25, 0.3) is 0 Å². The number of rotatable bonds is 7. The maximum Gasteiger partial charge on any atom is 0.337 e. The van der Waals surface area contributed by atoms with E-state index in [9.17, 15) is 4.79 Å². The molecular formula is C19H24N2O2. The second-order valence-corrected chi connectivity index (χ2v) is 5.26. The summed E-state index contributed by atoms with van der Waals surface area (Å²) in [4.78, 5) is 13.7. The van der Waals surface area contributed by atoms with Gasteiger partial charge < -0.3 is 15.0 Å². The van der Waals surface area contributed by atoms with Gasteiger partial charge >= 0.3 is 5.97 Å². The Morgan fingerprint density at radius 2 is 1.61 bits per heavy atom. The SMILES string of the molecule is CCN(CC)c1ccc(CNc2ccc(C(=O)OC)cc2)cc1. The Morgan fingerprint density at radius 1 is 1.00 bits per heavy atom. The van der Waals surface area contributed by atoms with E-state index >= 15 is 0 Å². The second-order valence-electron chi connectivity index (χ2n) is 5.26. The third-order valence-electron chi connectivity index (χ3n) is 3.87. The molecule has 4 nitrogen and oxygen atoms in total. The summed E-state index contributed by atoms with van der Waals surface area (Å²) in [5, 5.41) is 3.36. The molecule has 0 saturated heterocycles. The zero-order chi connectivity index (χ0) is 16.7. The number of carbonyl (C=O) groups excluding carboxylic acids is 1. The van der Waals surface area contributed by atoms with Crippen LogP contribution in [-0.2, 0) is 11.3 Å². The second kappa shape index (κ2) is 8.22. The lowest BCUT2D eigenvalue weighted by Crippen LogP contribution is -2.21. The lowest BCUT2D eigenvalue weighted by molar-refractivity contribution is 0.0601. The van der Waals surface area contributed by atoms with Gasteiger partial charge in [0, 0.05) is 31.0 Å². The third kappa shape index (κ3) is 4.49. The zero-order valence-electron chi connectivity index (χ0n) is 14.0. The average molecular weight is 312 g/mol. The number of hydrogen-bond donors (Lipinski definition) is 1. The third-order valence-corrected chi connectivity index (χ3v) is 3.87. The molecule has 0 heterocycles. The van der Waals surface area contributed by atoms with Gasteiger partial charge in [0.1, 0.15) is 0 Å². The first-order valence-corrected chi connectivity index (χ1v) is 7.94. The number of benzene rings is 2. The van der Waals surface area contributed by atoms with Crippen molar-refractivity contribution < 1.29 is 9.53 Å². The van der Waals surface area contributed by atoms with Crippen LogP contribution in [0.1, 0.15) is 29.8 Å². The van der Waals surface area contributed by atoms with Crippen molar-refractivity contribution in [2.24, 2.45) is 0 Å². The van der Waals surface area contributed by atoms with Gasteiger partial charge in [-0.05, 0) is 55.8 Å². The number of ether oxygens (including phenoxy) is 1. The number of anilines is 2. The molecular weight excluding hydrogens is 288 g/mol. The van der Waals surface area contributed by atoms with Crippen molar-refractivity contribution in [1.29, 1.82) is 0 Å². The van der Waals surface area contributed by atoms with Crippen molar-refractivity contribution in [3.63, 3.8) is 0 Å². The number of esters is 1. The summed E-state index contributed by atoms with van der Waals surface area (Å²) in [7, 11) is 1.39. The highest BCUT2D eigenvalue weighted by molar-refractivity contribution is 5.89. The molecule has 2 aromatic rings. The maximum atomic E-state index is 11.4. The first-order valence-electron chi connectivity index (χ1n) is 7.94. The van der Waals surface area contributed by atoms with E-state index in [2.05, 4.69) is 48.3 Å². The summed E-state index contributed by atoms with van der Waals surface area (Å²) in [5.41, 5.74) is 4.01. The molecule has 0 aliphatic heterocycles. The van der Waals surface area contributed by atoms with Crippen molar-refractivity contribution in [1.82, 2.24) is 0 Å². The lowest BCUT2D eigenvalue weighted by Gasteiger charge is -2.21. The van der Waals surface area contributed by atoms with Crippen LogP contribution in [0.3, 0.4) is 0 Å². The summed E-state index contributed by atoms with van der Waals surface area (Å²) < 4.78 is 4.69. The molecule has 0 aromatic heterocycles. The number of nitrogens with zero attached hydrogens (tertiary/aromatic N) is 1. The summed E-state index contributed by atoms with van der Waals surface area (Å²) in [6.45, 7) is 7.10. The smallest absolute Gasteiger partial charge is 0.337 e. The van der Waals surface area contributed by atoms with Crippen LogP contribution in [0.15, 0.2) is 48.5 Å². The normalized spacial score (nSPS) is 10.2. The highest BCUT2D eigenvalue weighted by Crippen LogP contribution is 2.16. The standard InChI is InChI=1S/C19H24N2O2/c1-4-21(5-2)18-12-6-15(7-13-18)14-20-17-10-8-16(9-11-17)19(22)23-3/h6-13,20H,4-5,14H2,1-3H3. The van der Waals surface area contributed by atoms with Crippen LogP contribution in [0.5, 0.6) is 0 Å². The molecule has 1 N–H and O–H groups in total. The van der Waals surface area contributed by atoms with E-state index in [1.807, 2.05) is 12.1 Å². The molecule has 0 aliphatic carbocycles. The quantitative estimate of drug-likeness (QED) is 0.787. The summed E-state index contributed by atoms with van der Waals surface area (Å²) >= 11 is 0. The number of hydrogen-bond acceptors (Lipinski definition) is 4. The Hall–Kier alpha value is -2.49. The summed E-state index contributed by atoms with van der Waals surface area (Å²) in [6, 6.07) is 15.9. The van der Waals surface area contributed by atoms with E-state index in [1.165, 1.54) is 18.4 Å². The van der Waals surface area contributed by atoms with Crippen molar-refractivity contribution in [3.8, 4) is 0 Å². The van der Waals surface area contributed by atoms with Crippen molar-refractivity contribution >= 4 is 17.3 Å². The van der Waals surface area contributed by atoms with Gasteiger partial charge in [-0.3, -0.25) is 0 Å². The molecule has 23 heavy (non-hydrogen) atoms. The molecule has 0 radical (unpaired) electrons.